The number of carbonyl (C=O) groups excluding carboxylic acids is 1. The Labute approximate surface area is 141 Å². The molecule has 1 aliphatic rings. The lowest BCUT2D eigenvalue weighted by Crippen LogP contribution is -2.16. The number of amides is 1. The van der Waals surface area contributed by atoms with E-state index in [1.54, 1.807) is 30.3 Å². The third-order valence-electron chi connectivity index (χ3n) is 4.55. The van der Waals surface area contributed by atoms with E-state index >= 15 is 0 Å². The fourth-order valence-corrected chi connectivity index (χ4v) is 2.93. The maximum atomic E-state index is 13.8. The zero-order valence-corrected chi connectivity index (χ0v) is 14.1. The van der Waals surface area contributed by atoms with Gasteiger partial charge in [0.25, 0.3) is 0 Å². The lowest BCUT2D eigenvalue weighted by Gasteiger charge is -2.20. The topological polar surface area (TPSA) is 49.3 Å². The van der Waals surface area contributed by atoms with E-state index in [0.717, 1.165) is 5.56 Å². The van der Waals surface area contributed by atoms with Crippen molar-refractivity contribution in [2.24, 2.45) is 5.92 Å². The van der Waals surface area contributed by atoms with Crippen molar-refractivity contribution in [1.29, 1.82) is 0 Å². The highest BCUT2D eigenvalue weighted by atomic mass is 19.1. The van der Waals surface area contributed by atoms with Crippen LogP contribution < -0.4 is 5.32 Å². The number of phenols is 1. The molecule has 2 unspecified atom stereocenters. The van der Waals surface area contributed by atoms with Crippen LogP contribution in [0.4, 0.5) is 10.1 Å². The van der Waals surface area contributed by atoms with E-state index in [1.165, 1.54) is 6.07 Å². The molecule has 2 N–H and O–H groups in total. The monoisotopic (exact) mass is 327 g/mol. The van der Waals surface area contributed by atoms with Gasteiger partial charge in [-0.25, -0.2) is 4.39 Å². The number of nitrogens with one attached hydrogen (secondary N) is 1. The average Bonchev–Trinajstić information content (AvgIpc) is 3.29. The lowest BCUT2D eigenvalue weighted by molar-refractivity contribution is -0.117. The van der Waals surface area contributed by atoms with Crippen LogP contribution in [-0.2, 0) is 10.2 Å². The molecule has 1 aliphatic carbocycles. The van der Waals surface area contributed by atoms with E-state index in [0.29, 0.717) is 17.7 Å². The summed E-state index contributed by atoms with van der Waals surface area (Å²) in [5.41, 5.74) is 1.94. The maximum Gasteiger partial charge on any atom is 0.228 e. The Balaban J connectivity index is 1.74. The van der Waals surface area contributed by atoms with Gasteiger partial charge in [0.15, 0.2) is 0 Å². The van der Waals surface area contributed by atoms with Gasteiger partial charge < -0.3 is 10.4 Å². The Morgan fingerprint density at radius 2 is 1.92 bits per heavy atom. The third kappa shape index (κ3) is 3.28. The molecule has 126 valence electrons. The first-order valence-corrected chi connectivity index (χ1v) is 8.16. The van der Waals surface area contributed by atoms with Gasteiger partial charge in [0.1, 0.15) is 11.6 Å². The van der Waals surface area contributed by atoms with Crippen LogP contribution in [0.2, 0.25) is 0 Å². The molecule has 0 aliphatic heterocycles. The van der Waals surface area contributed by atoms with E-state index in [2.05, 4.69) is 26.1 Å². The van der Waals surface area contributed by atoms with Crippen LogP contribution in [-0.4, -0.2) is 11.0 Å². The number of phenolic OH excluding ortho intramolecular Hbond substituents is 1. The molecular weight excluding hydrogens is 305 g/mol. The predicted octanol–water partition coefficient (Wildman–Crippen LogP) is 4.57. The number of carbonyl (C=O) groups is 1. The molecule has 1 saturated carbocycles. The van der Waals surface area contributed by atoms with Crippen LogP contribution in [0.15, 0.2) is 42.5 Å². The first kappa shape index (κ1) is 16.5. The summed E-state index contributed by atoms with van der Waals surface area (Å²) in [6.45, 7) is 6.21. The second-order valence-corrected chi connectivity index (χ2v) is 7.44. The highest BCUT2D eigenvalue weighted by molar-refractivity contribution is 5.96. The van der Waals surface area contributed by atoms with Crippen LogP contribution in [0.25, 0.3) is 0 Å². The number of halogens is 1. The van der Waals surface area contributed by atoms with Crippen LogP contribution in [0, 0.1) is 11.7 Å². The number of hydrogen-bond donors (Lipinski definition) is 2. The van der Waals surface area contributed by atoms with Gasteiger partial charge in [0.2, 0.25) is 5.91 Å². The largest absolute Gasteiger partial charge is 0.506 e. The quantitative estimate of drug-likeness (QED) is 0.811. The normalized spacial score (nSPS) is 19.8. The molecule has 0 bridgehead atoms. The first-order valence-electron chi connectivity index (χ1n) is 8.16. The number of aromatic hydroxyl groups is 1. The Morgan fingerprint density at radius 3 is 2.58 bits per heavy atom. The third-order valence-corrected chi connectivity index (χ3v) is 4.55. The molecule has 1 amide bonds. The molecule has 0 radical (unpaired) electrons. The zero-order valence-electron chi connectivity index (χ0n) is 14.1. The first-order chi connectivity index (χ1) is 11.3. The molecular formula is C20H22FNO2. The van der Waals surface area contributed by atoms with E-state index < -0.39 is 0 Å². The van der Waals surface area contributed by atoms with Crippen LogP contribution in [0.1, 0.15) is 44.2 Å². The summed E-state index contributed by atoms with van der Waals surface area (Å²) < 4.78 is 13.8. The summed E-state index contributed by atoms with van der Waals surface area (Å²) in [6.07, 6.45) is 0.631. The van der Waals surface area contributed by atoms with Crippen LogP contribution in [0.3, 0.4) is 0 Å². The van der Waals surface area contributed by atoms with Gasteiger partial charge in [-0.15, -0.1) is 0 Å². The highest BCUT2D eigenvalue weighted by Crippen LogP contribution is 2.49. The van der Waals surface area contributed by atoms with Gasteiger partial charge in [-0.2, -0.15) is 0 Å². The molecule has 0 spiro atoms. The fraction of sp³-hybridized carbons (Fsp3) is 0.350. The Kier molecular flexibility index (Phi) is 4.08. The smallest absolute Gasteiger partial charge is 0.228 e. The molecule has 1 fully saturated rings. The minimum Gasteiger partial charge on any atom is -0.506 e. The zero-order chi connectivity index (χ0) is 17.5. The molecule has 3 nitrogen and oxygen atoms in total. The van der Waals surface area contributed by atoms with E-state index in [1.807, 2.05) is 6.07 Å². The minimum atomic E-state index is -0.268. The molecule has 2 aromatic carbocycles. The average molecular weight is 327 g/mol. The van der Waals surface area contributed by atoms with Gasteiger partial charge >= 0.3 is 0 Å². The lowest BCUT2D eigenvalue weighted by atomic mass is 9.87. The number of hydrogen-bond acceptors (Lipinski definition) is 2. The predicted molar refractivity (Wildman–Crippen MR) is 92.7 cm³/mol. The van der Waals surface area contributed by atoms with Crippen molar-refractivity contribution < 1.29 is 14.3 Å². The van der Waals surface area contributed by atoms with Crippen molar-refractivity contribution in [3.63, 3.8) is 0 Å². The minimum absolute atomic E-state index is 0.0411. The molecule has 0 aromatic heterocycles. The van der Waals surface area contributed by atoms with Gasteiger partial charge in [-0.1, -0.05) is 45.0 Å². The van der Waals surface area contributed by atoms with Crippen molar-refractivity contribution in [3.05, 3.63) is 59.4 Å². The molecule has 24 heavy (non-hydrogen) atoms. The summed E-state index contributed by atoms with van der Waals surface area (Å²) in [7, 11) is 0. The van der Waals surface area contributed by atoms with Gasteiger partial charge in [-0.05, 0) is 47.1 Å². The molecule has 4 heteroatoms. The second kappa shape index (κ2) is 5.93. The van der Waals surface area contributed by atoms with Crippen molar-refractivity contribution in [3.8, 4) is 5.75 Å². The summed E-state index contributed by atoms with van der Waals surface area (Å²) in [6, 6.07) is 11.8. The summed E-state index contributed by atoms with van der Waals surface area (Å²) in [5.74, 6) is -0.738. The van der Waals surface area contributed by atoms with E-state index in [-0.39, 0.29) is 34.7 Å². The Bertz CT molecular complexity index is 779. The van der Waals surface area contributed by atoms with Gasteiger partial charge in [-0.3, -0.25) is 4.79 Å². The second-order valence-electron chi connectivity index (χ2n) is 7.44. The van der Waals surface area contributed by atoms with Crippen molar-refractivity contribution in [2.45, 2.75) is 38.5 Å². The van der Waals surface area contributed by atoms with Gasteiger partial charge in [0, 0.05) is 5.92 Å². The molecule has 0 heterocycles. The molecule has 3 rings (SSSR count). The number of rotatable bonds is 3. The standard InChI is InChI=1S/C20H22FNO2/c1-20(2,3)12-8-9-18(23)17(10-12)22-19(24)15-11-14(15)13-6-4-5-7-16(13)21/h4-10,14-15,23H,11H2,1-3H3,(H,22,24). The summed E-state index contributed by atoms with van der Waals surface area (Å²) in [5, 5.41) is 12.8. The fourth-order valence-electron chi connectivity index (χ4n) is 2.93. The van der Waals surface area contributed by atoms with Crippen molar-refractivity contribution in [1.82, 2.24) is 0 Å². The van der Waals surface area contributed by atoms with E-state index in [9.17, 15) is 14.3 Å². The van der Waals surface area contributed by atoms with Gasteiger partial charge in [0.05, 0.1) is 5.69 Å². The van der Waals surface area contributed by atoms with Crippen LogP contribution in [0.5, 0.6) is 5.75 Å². The highest BCUT2D eigenvalue weighted by Gasteiger charge is 2.45. The molecule has 2 aromatic rings. The summed E-state index contributed by atoms with van der Waals surface area (Å²) in [4.78, 5) is 12.4. The molecule has 0 saturated heterocycles. The van der Waals surface area contributed by atoms with Crippen LogP contribution >= 0.6 is 0 Å². The SMILES string of the molecule is CC(C)(C)c1ccc(O)c(NC(=O)C2CC2c2ccccc2F)c1. The maximum absolute atomic E-state index is 13.8. The molecule has 2 atom stereocenters. The Morgan fingerprint density at radius 1 is 1.21 bits per heavy atom. The Hall–Kier alpha value is -2.36. The van der Waals surface area contributed by atoms with Crippen molar-refractivity contribution in [2.75, 3.05) is 5.32 Å². The summed E-state index contributed by atoms with van der Waals surface area (Å²) >= 11 is 0. The van der Waals surface area contributed by atoms with E-state index in [4.69, 9.17) is 0 Å². The number of anilines is 1. The number of benzene rings is 2. The van der Waals surface area contributed by atoms with Crippen molar-refractivity contribution >= 4 is 11.6 Å².